The molecule has 2 aromatic rings. The van der Waals surface area contributed by atoms with Crippen molar-refractivity contribution in [1.29, 1.82) is 0 Å². The molecule has 8 heteroatoms. The largest absolute Gasteiger partial charge is 0.383 e. The quantitative estimate of drug-likeness (QED) is 0.725. The van der Waals surface area contributed by atoms with Gasteiger partial charge in [0.2, 0.25) is 0 Å². The molecular formula is C13H20N6O2. The van der Waals surface area contributed by atoms with E-state index in [1.807, 2.05) is 13.8 Å². The number of hydrogen-bond acceptors (Lipinski definition) is 5. The summed E-state index contributed by atoms with van der Waals surface area (Å²) in [6, 6.07) is 0. The van der Waals surface area contributed by atoms with E-state index in [2.05, 4.69) is 15.5 Å². The Bertz CT molecular complexity index is 726. The zero-order valence-electron chi connectivity index (χ0n) is 12.4. The predicted molar refractivity (Wildman–Crippen MR) is 81.1 cm³/mol. The van der Waals surface area contributed by atoms with Gasteiger partial charge in [-0.25, -0.2) is 4.79 Å². The summed E-state index contributed by atoms with van der Waals surface area (Å²) in [5.74, 6) is 0.407. The van der Waals surface area contributed by atoms with Crippen molar-refractivity contribution in [3.63, 3.8) is 0 Å². The zero-order chi connectivity index (χ0) is 15.6. The van der Waals surface area contributed by atoms with E-state index in [-0.39, 0.29) is 17.4 Å². The van der Waals surface area contributed by atoms with Crippen LogP contribution in [0.4, 0.5) is 11.5 Å². The molecule has 0 aliphatic carbocycles. The summed E-state index contributed by atoms with van der Waals surface area (Å²) < 4.78 is 2.49. The highest BCUT2D eigenvalue weighted by Crippen LogP contribution is 2.13. The average molecular weight is 292 g/mol. The van der Waals surface area contributed by atoms with E-state index in [0.29, 0.717) is 13.1 Å². The first-order chi connectivity index (χ1) is 9.91. The van der Waals surface area contributed by atoms with Crippen LogP contribution in [0.3, 0.4) is 0 Å². The number of nitrogens with zero attached hydrogens (tertiary/aromatic N) is 3. The molecule has 0 saturated carbocycles. The van der Waals surface area contributed by atoms with Crippen LogP contribution in [0.1, 0.15) is 19.4 Å². The van der Waals surface area contributed by atoms with Gasteiger partial charge in [0.1, 0.15) is 11.5 Å². The van der Waals surface area contributed by atoms with E-state index in [1.165, 1.54) is 11.6 Å². The van der Waals surface area contributed by atoms with Crippen LogP contribution in [0.15, 0.2) is 22.0 Å². The van der Waals surface area contributed by atoms with Crippen molar-refractivity contribution in [1.82, 2.24) is 19.3 Å². The standard InChI is InChI=1S/C13H20N6O2/c1-8(2)7-19-11(14)10(12(20)18(3)13(19)21)15-4-9-5-16-17-6-9/h5-6,8,15H,4,7,14H2,1-3H3,(H,16,17). The fourth-order valence-electron chi connectivity index (χ4n) is 2.06. The second-order valence-corrected chi connectivity index (χ2v) is 5.37. The molecule has 0 bridgehead atoms. The Balaban J connectivity index is 2.42. The average Bonchev–Trinajstić information content (AvgIpc) is 2.94. The van der Waals surface area contributed by atoms with E-state index in [9.17, 15) is 9.59 Å². The number of nitrogen functional groups attached to an aromatic ring is 1. The van der Waals surface area contributed by atoms with Crippen molar-refractivity contribution < 1.29 is 0 Å². The van der Waals surface area contributed by atoms with Crippen LogP contribution < -0.4 is 22.3 Å². The van der Waals surface area contributed by atoms with Gasteiger partial charge >= 0.3 is 5.69 Å². The van der Waals surface area contributed by atoms with Crippen LogP contribution in [0.5, 0.6) is 0 Å². The maximum atomic E-state index is 12.2. The van der Waals surface area contributed by atoms with Gasteiger partial charge in [-0.05, 0) is 5.92 Å². The Morgan fingerprint density at radius 1 is 1.43 bits per heavy atom. The van der Waals surface area contributed by atoms with Gasteiger partial charge in [-0.15, -0.1) is 0 Å². The van der Waals surface area contributed by atoms with E-state index < -0.39 is 11.2 Å². The van der Waals surface area contributed by atoms with Crippen molar-refractivity contribution >= 4 is 11.5 Å². The van der Waals surface area contributed by atoms with Gasteiger partial charge in [0.15, 0.2) is 0 Å². The first-order valence-corrected chi connectivity index (χ1v) is 6.72. The lowest BCUT2D eigenvalue weighted by Crippen LogP contribution is -2.41. The molecule has 0 spiro atoms. The van der Waals surface area contributed by atoms with Crippen LogP contribution in [0.25, 0.3) is 0 Å². The minimum atomic E-state index is -0.430. The van der Waals surface area contributed by atoms with Crippen LogP contribution in [0, 0.1) is 5.92 Å². The summed E-state index contributed by atoms with van der Waals surface area (Å²) in [6.45, 7) is 4.82. The van der Waals surface area contributed by atoms with Crippen molar-refractivity contribution in [3.8, 4) is 0 Å². The Labute approximate surface area is 121 Å². The van der Waals surface area contributed by atoms with Gasteiger partial charge in [0.05, 0.1) is 6.20 Å². The van der Waals surface area contributed by atoms with E-state index in [4.69, 9.17) is 5.73 Å². The lowest BCUT2D eigenvalue weighted by Gasteiger charge is -2.17. The molecule has 0 radical (unpaired) electrons. The van der Waals surface area contributed by atoms with Gasteiger partial charge in [-0.1, -0.05) is 13.8 Å². The van der Waals surface area contributed by atoms with Crippen LogP contribution >= 0.6 is 0 Å². The third-order valence-electron chi connectivity index (χ3n) is 3.16. The summed E-state index contributed by atoms with van der Waals surface area (Å²) in [5.41, 5.74) is 6.30. The molecule has 2 heterocycles. The van der Waals surface area contributed by atoms with Gasteiger partial charge in [-0.3, -0.25) is 19.0 Å². The Kier molecular flexibility index (Phi) is 4.15. The SMILES string of the molecule is CC(C)Cn1c(N)c(NCc2cn[nH]c2)c(=O)n(C)c1=O. The fourth-order valence-corrected chi connectivity index (χ4v) is 2.06. The Hall–Kier alpha value is -2.51. The third-order valence-corrected chi connectivity index (χ3v) is 3.16. The maximum absolute atomic E-state index is 12.2. The molecule has 0 aliphatic heterocycles. The summed E-state index contributed by atoms with van der Waals surface area (Å²) in [6.07, 6.45) is 3.37. The Morgan fingerprint density at radius 2 is 2.14 bits per heavy atom. The van der Waals surface area contributed by atoms with Gasteiger partial charge < -0.3 is 11.1 Å². The second-order valence-electron chi connectivity index (χ2n) is 5.37. The highest BCUT2D eigenvalue weighted by molar-refractivity contribution is 5.60. The monoisotopic (exact) mass is 292 g/mol. The highest BCUT2D eigenvalue weighted by atomic mass is 16.2. The minimum Gasteiger partial charge on any atom is -0.383 e. The predicted octanol–water partition coefficient (Wildman–Crippen LogP) is 0.120. The summed E-state index contributed by atoms with van der Waals surface area (Å²) >= 11 is 0. The molecule has 0 unspecified atom stereocenters. The lowest BCUT2D eigenvalue weighted by molar-refractivity contribution is 0.494. The minimum absolute atomic E-state index is 0.167. The molecule has 0 fully saturated rings. The third kappa shape index (κ3) is 2.99. The van der Waals surface area contributed by atoms with Crippen molar-refractivity contribution in [3.05, 3.63) is 38.8 Å². The number of H-pyrrole nitrogens is 1. The maximum Gasteiger partial charge on any atom is 0.332 e. The number of aromatic amines is 1. The molecule has 0 amide bonds. The molecule has 114 valence electrons. The summed E-state index contributed by atoms with van der Waals surface area (Å²) in [7, 11) is 1.45. The fraction of sp³-hybridized carbons (Fsp3) is 0.462. The van der Waals surface area contributed by atoms with E-state index in [1.54, 1.807) is 12.4 Å². The van der Waals surface area contributed by atoms with Crippen molar-refractivity contribution in [2.24, 2.45) is 13.0 Å². The molecule has 2 rings (SSSR count). The number of aromatic nitrogens is 4. The molecule has 21 heavy (non-hydrogen) atoms. The number of hydrogen-bond donors (Lipinski definition) is 3. The lowest BCUT2D eigenvalue weighted by atomic mass is 10.2. The first-order valence-electron chi connectivity index (χ1n) is 6.72. The van der Waals surface area contributed by atoms with Gasteiger partial charge in [0, 0.05) is 31.9 Å². The molecule has 4 N–H and O–H groups in total. The van der Waals surface area contributed by atoms with Gasteiger partial charge in [0.25, 0.3) is 5.56 Å². The number of nitrogens with one attached hydrogen (secondary N) is 2. The van der Waals surface area contributed by atoms with Crippen LogP contribution in [-0.2, 0) is 20.1 Å². The summed E-state index contributed by atoms with van der Waals surface area (Å²) in [5, 5.41) is 9.51. The topological polar surface area (TPSA) is 111 Å². The molecule has 0 atom stereocenters. The Morgan fingerprint density at radius 3 is 2.71 bits per heavy atom. The molecule has 2 aromatic heterocycles. The number of nitrogens with two attached hydrogens (primary N) is 1. The van der Waals surface area contributed by atoms with Crippen molar-refractivity contribution in [2.45, 2.75) is 26.9 Å². The molecule has 0 aromatic carbocycles. The number of anilines is 2. The molecule has 8 nitrogen and oxygen atoms in total. The molecule has 0 saturated heterocycles. The number of rotatable bonds is 5. The highest BCUT2D eigenvalue weighted by Gasteiger charge is 2.15. The van der Waals surface area contributed by atoms with Crippen LogP contribution in [-0.4, -0.2) is 19.3 Å². The first kappa shape index (κ1) is 14.9. The molecule has 0 aliphatic rings. The van der Waals surface area contributed by atoms with E-state index >= 15 is 0 Å². The van der Waals surface area contributed by atoms with Crippen molar-refractivity contribution in [2.75, 3.05) is 11.1 Å². The van der Waals surface area contributed by atoms with E-state index in [0.717, 1.165) is 10.1 Å². The summed E-state index contributed by atoms with van der Waals surface area (Å²) in [4.78, 5) is 24.3. The molecular weight excluding hydrogens is 272 g/mol. The van der Waals surface area contributed by atoms with Gasteiger partial charge in [-0.2, -0.15) is 5.10 Å². The smallest absolute Gasteiger partial charge is 0.332 e. The normalized spacial score (nSPS) is 11.0. The zero-order valence-corrected chi connectivity index (χ0v) is 12.4. The second kappa shape index (κ2) is 5.86. The van der Waals surface area contributed by atoms with Crippen LogP contribution in [0.2, 0.25) is 0 Å².